The normalized spacial score (nSPS) is 26.2. The highest BCUT2D eigenvalue weighted by molar-refractivity contribution is 5.77. The van der Waals surface area contributed by atoms with E-state index in [1.54, 1.807) is 0 Å². The first-order chi connectivity index (χ1) is 12.2. The van der Waals surface area contributed by atoms with E-state index in [0.29, 0.717) is 24.8 Å². The van der Waals surface area contributed by atoms with Crippen molar-refractivity contribution < 1.29 is 19.0 Å². The van der Waals surface area contributed by atoms with Gasteiger partial charge in [-0.25, -0.2) is 0 Å². The van der Waals surface area contributed by atoms with Gasteiger partial charge in [0.15, 0.2) is 11.5 Å². The van der Waals surface area contributed by atoms with Gasteiger partial charge in [-0.2, -0.15) is 0 Å². The molecule has 0 saturated carbocycles. The van der Waals surface area contributed by atoms with Crippen LogP contribution >= 0.6 is 0 Å². The molecule has 2 atom stereocenters. The van der Waals surface area contributed by atoms with Crippen LogP contribution in [0.4, 0.5) is 0 Å². The Balaban J connectivity index is 1.33. The number of hydrogen-bond acceptors (Lipinski definition) is 5. The molecule has 0 bridgehead atoms. The van der Waals surface area contributed by atoms with E-state index in [9.17, 15) is 4.79 Å². The highest BCUT2D eigenvalue weighted by atomic mass is 16.7. The second-order valence-corrected chi connectivity index (χ2v) is 7.14. The minimum absolute atomic E-state index is 0.235. The third-order valence-corrected chi connectivity index (χ3v) is 5.53. The molecule has 1 aromatic carbocycles. The molecular formula is C19H26N2O4. The number of morpholine rings is 1. The van der Waals surface area contributed by atoms with E-state index in [0.717, 1.165) is 56.5 Å². The molecule has 6 nitrogen and oxygen atoms in total. The summed E-state index contributed by atoms with van der Waals surface area (Å²) >= 11 is 0. The highest BCUT2D eigenvalue weighted by Crippen LogP contribution is 2.36. The molecule has 0 N–H and O–H groups in total. The molecule has 6 heteroatoms. The first-order valence-corrected chi connectivity index (χ1v) is 9.19. The lowest BCUT2D eigenvalue weighted by Gasteiger charge is -2.34. The maximum absolute atomic E-state index is 12.7. The summed E-state index contributed by atoms with van der Waals surface area (Å²) in [7, 11) is 0. The molecule has 3 aliphatic heterocycles. The summed E-state index contributed by atoms with van der Waals surface area (Å²) < 4.78 is 16.4. The van der Waals surface area contributed by atoms with Gasteiger partial charge in [-0.3, -0.25) is 9.69 Å². The summed E-state index contributed by atoms with van der Waals surface area (Å²) in [5, 5.41) is 0. The zero-order valence-electron chi connectivity index (χ0n) is 14.8. The van der Waals surface area contributed by atoms with Crippen LogP contribution in [0.2, 0.25) is 0 Å². The van der Waals surface area contributed by atoms with E-state index >= 15 is 0 Å². The van der Waals surface area contributed by atoms with Crippen molar-refractivity contribution in [3.63, 3.8) is 0 Å². The Hall–Kier alpha value is -1.79. The van der Waals surface area contributed by atoms with E-state index in [-0.39, 0.29) is 12.7 Å². The number of likely N-dealkylation sites (tertiary alicyclic amines) is 1. The van der Waals surface area contributed by atoms with Gasteiger partial charge in [-0.15, -0.1) is 0 Å². The summed E-state index contributed by atoms with van der Waals surface area (Å²) in [4.78, 5) is 17.2. The average molecular weight is 346 g/mol. The van der Waals surface area contributed by atoms with E-state index in [2.05, 4.69) is 11.8 Å². The zero-order chi connectivity index (χ0) is 17.2. The zero-order valence-corrected chi connectivity index (χ0v) is 14.8. The Labute approximate surface area is 148 Å². The van der Waals surface area contributed by atoms with E-state index < -0.39 is 0 Å². The molecule has 3 heterocycles. The molecule has 0 radical (unpaired) electrons. The molecule has 0 spiro atoms. The van der Waals surface area contributed by atoms with Gasteiger partial charge in [-0.1, -0.05) is 19.1 Å². The van der Waals surface area contributed by atoms with Crippen molar-refractivity contribution in [2.75, 3.05) is 46.2 Å². The van der Waals surface area contributed by atoms with Crippen LogP contribution in [0.5, 0.6) is 11.5 Å². The van der Waals surface area contributed by atoms with Crippen LogP contribution in [0.3, 0.4) is 0 Å². The molecule has 2 saturated heterocycles. The predicted molar refractivity (Wildman–Crippen MR) is 92.8 cm³/mol. The number of aryl methyl sites for hydroxylation is 1. The van der Waals surface area contributed by atoms with Crippen LogP contribution in [0.25, 0.3) is 0 Å². The Morgan fingerprint density at radius 1 is 1.20 bits per heavy atom. The maximum Gasteiger partial charge on any atom is 0.231 e. The van der Waals surface area contributed by atoms with Crippen LogP contribution in [0.1, 0.15) is 18.9 Å². The molecule has 25 heavy (non-hydrogen) atoms. The first kappa shape index (κ1) is 16.7. The van der Waals surface area contributed by atoms with Gasteiger partial charge in [-0.05, 0) is 24.0 Å². The summed E-state index contributed by atoms with van der Waals surface area (Å²) in [6, 6.07) is 6.34. The van der Waals surface area contributed by atoms with Crippen molar-refractivity contribution >= 4 is 5.91 Å². The molecule has 1 amide bonds. The summed E-state index contributed by atoms with van der Waals surface area (Å²) in [5.74, 6) is 2.34. The van der Waals surface area contributed by atoms with Crippen LogP contribution in [-0.2, 0) is 16.0 Å². The van der Waals surface area contributed by atoms with Gasteiger partial charge < -0.3 is 19.1 Å². The average Bonchev–Trinajstić information content (AvgIpc) is 3.27. The molecular weight excluding hydrogens is 320 g/mol. The van der Waals surface area contributed by atoms with E-state index in [1.165, 1.54) is 0 Å². The summed E-state index contributed by atoms with van der Waals surface area (Å²) in [5.41, 5.74) is 1.06. The van der Waals surface area contributed by atoms with E-state index in [4.69, 9.17) is 14.2 Å². The van der Waals surface area contributed by atoms with Crippen LogP contribution in [0, 0.1) is 5.92 Å². The van der Waals surface area contributed by atoms with Crippen molar-refractivity contribution in [1.82, 2.24) is 9.80 Å². The topological polar surface area (TPSA) is 51.2 Å². The fraction of sp³-hybridized carbons (Fsp3) is 0.632. The Bertz CT molecular complexity index is 630. The van der Waals surface area contributed by atoms with E-state index in [1.807, 2.05) is 23.1 Å². The minimum atomic E-state index is 0.235. The number of amides is 1. The fourth-order valence-electron chi connectivity index (χ4n) is 4.12. The number of rotatable bonds is 4. The summed E-state index contributed by atoms with van der Waals surface area (Å²) in [6.07, 6.45) is 1.21. The van der Waals surface area contributed by atoms with Crippen molar-refractivity contribution in [2.45, 2.75) is 25.8 Å². The van der Waals surface area contributed by atoms with Crippen LogP contribution < -0.4 is 9.47 Å². The molecule has 0 aromatic heterocycles. The SMILES string of the molecule is CC1CN(C(=O)CCc2cccc3c2OCO3)CC1N1CCOCC1. The van der Waals surface area contributed by atoms with Crippen molar-refractivity contribution in [3.8, 4) is 11.5 Å². The lowest BCUT2D eigenvalue weighted by molar-refractivity contribution is -0.130. The van der Waals surface area contributed by atoms with Crippen molar-refractivity contribution in [3.05, 3.63) is 23.8 Å². The number of ether oxygens (including phenoxy) is 3. The van der Waals surface area contributed by atoms with Crippen molar-refractivity contribution in [2.24, 2.45) is 5.92 Å². The van der Waals surface area contributed by atoms with Gasteiger partial charge in [0.1, 0.15) is 0 Å². The third kappa shape index (κ3) is 3.46. The molecule has 2 unspecified atom stereocenters. The number of para-hydroxylation sites is 1. The Morgan fingerprint density at radius 3 is 2.88 bits per heavy atom. The Kier molecular flexibility index (Phi) is 4.81. The highest BCUT2D eigenvalue weighted by Gasteiger charge is 2.36. The lowest BCUT2D eigenvalue weighted by Crippen LogP contribution is -2.47. The van der Waals surface area contributed by atoms with Gasteiger partial charge >= 0.3 is 0 Å². The molecule has 0 aliphatic carbocycles. The van der Waals surface area contributed by atoms with Crippen LogP contribution in [-0.4, -0.2) is 67.9 Å². The number of carbonyl (C=O) groups excluding carboxylic acids is 1. The Morgan fingerprint density at radius 2 is 2.04 bits per heavy atom. The van der Waals surface area contributed by atoms with Crippen LogP contribution in [0.15, 0.2) is 18.2 Å². The van der Waals surface area contributed by atoms with Gasteiger partial charge in [0, 0.05) is 38.6 Å². The second-order valence-electron chi connectivity index (χ2n) is 7.14. The van der Waals surface area contributed by atoms with Gasteiger partial charge in [0.25, 0.3) is 0 Å². The minimum Gasteiger partial charge on any atom is -0.454 e. The molecule has 1 aromatic rings. The lowest BCUT2D eigenvalue weighted by atomic mass is 10.0. The summed E-state index contributed by atoms with van der Waals surface area (Å²) in [6.45, 7) is 7.78. The maximum atomic E-state index is 12.7. The van der Waals surface area contributed by atoms with Crippen molar-refractivity contribution in [1.29, 1.82) is 0 Å². The third-order valence-electron chi connectivity index (χ3n) is 5.53. The number of benzene rings is 1. The molecule has 4 rings (SSSR count). The second kappa shape index (κ2) is 7.22. The number of hydrogen-bond donors (Lipinski definition) is 0. The monoisotopic (exact) mass is 346 g/mol. The number of fused-ring (bicyclic) bond motifs is 1. The fourth-order valence-corrected chi connectivity index (χ4v) is 4.12. The molecule has 2 fully saturated rings. The number of carbonyl (C=O) groups is 1. The predicted octanol–water partition coefficient (Wildman–Crippen LogP) is 1.53. The smallest absolute Gasteiger partial charge is 0.231 e. The molecule has 136 valence electrons. The quantitative estimate of drug-likeness (QED) is 0.828. The largest absolute Gasteiger partial charge is 0.454 e. The standard InChI is InChI=1S/C19H26N2O4/c1-14-11-21(12-16(14)20-7-9-23-10-8-20)18(22)6-5-15-3-2-4-17-19(15)25-13-24-17/h2-4,14,16H,5-13H2,1H3. The van der Waals surface area contributed by atoms with Gasteiger partial charge in [0.2, 0.25) is 12.7 Å². The van der Waals surface area contributed by atoms with Gasteiger partial charge in [0.05, 0.1) is 13.2 Å². The number of nitrogens with zero attached hydrogens (tertiary/aromatic N) is 2. The first-order valence-electron chi connectivity index (χ1n) is 9.19. The molecule has 3 aliphatic rings.